The molecule has 2 aromatic rings. The molecule has 0 saturated carbocycles. The lowest BCUT2D eigenvalue weighted by atomic mass is 9.78. The summed E-state index contributed by atoms with van der Waals surface area (Å²) in [5.74, 6) is -1.57. The molecule has 0 radical (unpaired) electrons. The number of rotatable bonds is 7. The van der Waals surface area contributed by atoms with Gasteiger partial charge in [-0.25, -0.2) is 8.91 Å². The standard InChI is InChI=1S/C20H30FN5O/c1-6-20(4,7-8-25(5)12(2)3)15-11-23-26-17-14(18(22)27)9-13(21)10-16(17)24-19(15)26/h10-12,14,24H,6-9H2,1-5H3,(H2,22,27). The predicted octanol–water partition coefficient (Wildman–Crippen LogP) is 3.34. The predicted molar refractivity (Wildman–Crippen MR) is 105 cm³/mol. The minimum atomic E-state index is -0.702. The van der Waals surface area contributed by atoms with Crippen molar-refractivity contribution in [1.29, 1.82) is 0 Å². The van der Waals surface area contributed by atoms with Crippen LogP contribution >= 0.6 is 0 Å². The van der Waals surface area contributed by atoms with E-state index in [-0.39, 0.29) is 17.7 Å². The lowest BCUT2D eigenvalue weighted by Gasteiger charge is -2.31. The van der Waals surface area contributed by atoms with Crippen molar-refractivity contribution < 1.29 is 9.18 Å². The molecule has 1 amide bonds. The van der Waals surface area contributed by atoms with E-state index >= 15 is 0 Å². The van der Waals surface area contributed by atoms with Crippen LogP contribution in [0.15, 0.2) is 12.0 Å². The summed E-state index contributed by atoms with van der Waals surface area (Å²) in [5.41, 5.74) is 8.61. The van der Waals surface area contributed by atoms with Crippen molar-refractivity contribution >= 4 is 17.6 Å². The Morgan fingerprint density at radius 2 is 2.26 bits per heavy atom. The lowest BCUT2D eigenvalue weighted by Crippen LogP contribution is -2.32. The zero-order valence-electron chi connectivity index (χ0n) is 16.8. The van der Waals surface area contributed by atoms with Crippen LogP contribution in [0, 0.1) is 0 Å². The molecule has 0 spiro atoms. The molecule has 2 heterocycles. The van der Waals surface area contributed by atoms with Gasteiger partial charge in [-0.05, 0) is 51.8 Å². The molecular weight excluding hydrogens is 345 g/mol. The number of carbonyl (C=O) groups excluding carboxylic acids is 1. The van der Waals surface area contributed by atoms with E-state index < -0.39 is 11.8 Å². The van der Waals surface area contributed by atoms with Gasteiger partial charge in [0.15, 0.2) is 0 Å². The largest absolute Gasteiger partial charge is 0.369 e. The first kappa shape index (κ1) is 19.6. The van der Waals surface area contributed by atoms with Crippen LogP contribution in [0.2, 0.25) is 0 Å². The Labute approximate surface area is 159 Å². The van der Waals surface area contributed by atoms with Gasteiger partial charge in [-0.1, -0.05) is 13.8 Å². The second-order valence-corrected chi connectivity index (χ2v) is 8.23. The number of nitrogens with two attached hydrogens (primary N) is 1. The lowest BCUT2D eigenvalue weighted by molar-refractivity contribution is -0.119. The first-order chi connectivity index (χ1) is 12.7. The molecule has 148 valence electrons. The molecule has 0 saturated heterocycles. The Hall–Kier alpha value is -2.15. The molecule has 3 N–H and O–H groups in total. The molecule has 1 aliphatic carbocycles. The summed E-state index contributed by atoms with van der Waals surface area (Å²) in [6, 6.07) is 0.487. The fourth-order valence-electron chi connectivity index (χ4n) is 3.77. The summed E-state index contributed by atoms with van der Waals surface area (Å²) in [6.45, 7) is 9.75. The van der Waals surface area contributed by atoms with Crippen LogP contribution in [0.5, 0.6) is 0 Å². The molecule has 2 atom stereocenters. The highest BCUT2D eigenvalue weighted by Crippen LogP contribution is 2.39. The molecule has 7 heteroatoms. The average Bonchev–Trinajstić information content (AvgIpc) is 3.17. The van der Waals surface area contributed by atoms with Gasteiger partial charge in [0.25, 0.3) is 0 Å². The third-order valence-corrected chi connectivity index (χ3v) is 6.23. The third kappa shape index (κ3) is 3.40. The van der Waals surface area contributed by atoms with E-state index in [1.165, 1.54) is 6.08 Å². The number of aromatic amines is 1. The van der Waals surface area contributed by atoms with Crippen LogP contribution in [0.4, 0.5) is 4.39 Å². The highest BCUT2D eigenvalue weighted by molar-refractivity contribution is 5.85. The van der Waals surface area contributed by atoms with E-state index in [0.717, 1.165) is 30.6 Å². The first-order valence-corrected chi connectivity index (χ1v) is 9.63. The number of H-pyrrole nitrogens is 1. The molecule has 1 aliphatic rings. The normalized spacial score (nSPS) is 19.4. The Morgan fingerprint density at radius 3 is 2.85 bits per heavy atom. The molecule has 27 heavy (non-hydrogen) atoms. The van der Waals surface area contributed by atoms with E-state index in [9.17, 15) is 9.18 Å². The van der Waals surface area contributed by atoms with Crippen LogP contribution in [-0.2, 0) is 10.2 Å². The molecular formula is C20H30FN5O. The quantitative estimate of drug-likeness (QED) is 0.779. The van der Waals surface area contributed by atoms with Crippen molar-refractivity contribution in [1.82, 2.24) is 19.5 Å². The fraction of sp³-hybridized carbons (Fsp3) is 0.600. The zero-order valence-corrected chi connectivity index (χ0v) is 16.8. The molecule has 3 rings (SSSR count). The number of imidazole rings is 1. The number of aromatic nitrogens is 3. The summed E-state index contributed by atoms with van der Waals surface area (Å²) in [4.78, 5) is 17.5. The zero-order chi connectivity index (χ0) is 19.9. The Kier molecular flexibility index (Phi) is 5.16. The minimum absolute atomic E-state index is 0.00525. The van der Waals surface area contributed by atoms with Crippen molar-refractivity contribution in [3.05, 3.63) is 29.0 Å². The van der Waals surface area contributed by atoms with Gasteiger partial charge >= 0.3 is 0 Å². The number of hydrogen-bond donors (Lipinski definition) is 2. The van der Waals surface area contributed by atoms with Crippen molar-refractivity contribution in [2.75, 3.05) is 13.6 Å². The summed E-state index contributed by atoms with van der Waals surface area (Å²) in [5, 5.41) is 4.54. The maximum atomic E-state index is 14.0. The molecule has 0 bridgehead atoms. The van der Waals surface area contributed by atoms with E-state index in [4.69, 9.17) is 5.73 Å². The van der Waals surface area contributed by atoms with Gasteiger partial charge in [-0.3, -0.25) is 4.79 Å². The SMILES string of the molecule is CCC(C)(CCN(C)C(C)C)c1cnn2c3c([nH]c12)C=C(F)CC3C(N)=O. The van der Waals surface area contributed by atoms with Crippen molar-refractivity contribution in [3.63, 3.8) is 0 Å². The summed E-state index contributed by atoms with van der Waals surface area (Å²) in [6.07, 6.45) is 5.25. The van der Waals surface area contributed by atoms with Crippen LogP contribution in [0.1, 0.15) is 69.8 Å². The van der Waals surface area contributed by atoms with Crippen molar-refractivity contribution in [2.24, 2.45) is 5.73 Å². The number of nitrogens with one attached hydrogen (secondary N) is 1. The number of carbonyl (C=O) groups is 1. The maximum Gasteiger partial charge on any atom is 0.227 e. The highest BCUT2D eigenvalue weighted by atomic mass is 19.1. The number of hydrogen-bond acceptors (Lipinski definition) is 3. The number of halogens is 1. The van der Waals surface area contributed by atoms with Gasteiger partial charge in [0.1, 0.15) is 11.5 Å². The maximum absolute atomic E-state index is 14.0. The fourth-order valence-corrected chi connectivity index (χ4v) is 3.77. The van der Waals surface area contributed by atoms with Crippen molar-refractivity contribution in [3.8, 4) is 0 Å². The smallest absolute Gasteiger partial charge is 0.227 e. The van der Waals surface area contributed by atoms with Crippen LogP contribution < -0.4 is 5.73 Å². The Bertz CT molecular complexity index is 880. The van der Waals surface area contributed by atoms with Gasteiger partial charge in [-0.2, -0.15) is 5.10 Å². The summed E-state index contributed by atoms with van der Waals surface area (Å²) < 4.78 is 15.7. The monoisotopic (exact) mass is 375 g/mol. The number of fused-ring (bicyclic) bond motifs is 3. The van der Waals surface area contributed by atoms with E-state index in [1.54, 1.807) is 4.52 Å². The van der Waals surface area contributed by atoms with E-state index in [2.05, 4.69) is 49.7 Å². The van der Waals surface area contributed by atoms with E-state index in [0.29, 0.717) is 17.4 Å². The number of nitrogens with zero attached hydrogens (tertiary/aromatic N) is 3. The Balaban J connectivity index is 2.03. The summed E-state index contributed by atoms with van der Waals surface area (Å²) in [7, 11) is 2.13. The van der Waals surface area contributed by atoms with Crippen LogP contribution in [0.25, 0.3) is 11.7 Å². The van der Waals surface area contributed by atoms with Gasteiger partial charge in [0, 0.05) is 18.0 Å². The highest BCUT2D eigenvalue weighted by Gasteiger charge is 2.35. The van der Waals surface area contributed by atoms with Gasteiger partial charge in [-0.15, -0.1) is 0 Å². The molecule has 2 unspecified atom stereocenters. The van der Waals surface area contributed by atoms with Gasteiger partial charge in [0.2, 0.25) is 5.91 Å². The van der Waals surface area contributed by atoms with Gasteiger partial charge < -0.3 is 15.6 Å². The minimum Gasteiger partial charge on any atom is -0.369 e. The number of amides is 1. The molecule has 0 fully saturated rings. The molecule has 2 aromatic heterocycles. The summed E-state index contributed by atoms with van der Waals surface area (Å²) >= 11 is 0. The second-order valence-electron chi connectivity index (χ2n) is 8.23. The second kappa shape index (κ2) is 7.11. The van der Waals surface area contributed by atoms with Crippen LogP contribution in [-0.4, -0.2) is 45.0 Å². The molecule has 0 aliphatic heterocycles. The molecule has 6 nitrogen and oxygen atoms in total. The third-order valence-electron chi connectivity index (χ3n) is 6.23. The van der Waals surface area contributed by atoms with Crippen molar-refractivity contribution in [2.45, 2.75) is 64.3 Å². The number of primary amides is 1. The van der Waals surface area contributed by atoms with E-state index in [1.807, 2.05) is 6.20 Å². The topological polar surface area (TPSA) is 79.4 Å². The Morgan fingerprint density at radius 1 is 1.56 bits per heavy atom. The van der Waals surface area contributed by atoms with Gasteiger partial charge in [0.05, 0.1) is 23.5 Å². The average molecular weight is 375 g/mol. The van der Waals surface area contributed by atoms with Crippen LogP contribution in [0.3, 0.4) is 0 Å². The molecule has 0 aromatic carbocycles. The number of allylic oxidation sites excluding steroid dienone is 1. The first-order valence-electron chi connectivity index (χ1n) is 9.63.